The molecule has 2 aromatic carbocycles. The van der Waals surface area contributed by atoms with Crippen molar-refractivity contribution in [2.45, 2.75) is 0 Å². The molecule has 0 N–H and O–H groups in total. The SMILES string of the molecule is N#Cc1cn(C(=O)c2ccc(-c3ccccc3[N+](=O)[O-])o2)c2ccccc12. The summed E-state index contributed by atoms with van der Waals surface area (Å²) in [6.45, 7) is 0. The van der Waals surface area contributed by atoms with E-state index in [4.69, 9.17) is 4.42 Å². The number of rotatable bonds is 3. The summed E-state index contributed by atoms with van der Waals surface area (Å²) in [5, 5.41) is 21.1. The molecule has 2 aromatic heterocycles. The summed E-state index contributed by atoms with van der Waals surface area (Å²) in [7, 11) is 0. The number of nitro benzene ring substituents is 1. The third-order valence-electron chi connectivity index (χ3n) is 4.23. The van der Waals surface area contributed by atoms with Gasteiger partial charge in [-0.3, -0.25) is 19.5 Å². The Hall–Kier alpha value is -4.18. The number of carbonyl (C=O) groups excluding carboxylic acids is 1. The van der Waals surface area contributed by atoms with Crippen molar-refractivity contribution < 1.29 is 14.1 Å². The summed E-state index contributed by atoms with van der Waals surface area (Å²) in [6.07, 6.45) is 1.46. The van der Waals surface area contributed by atoms with Gasteiger partial charge in [-0.2, -0.15) is 5.26 Å². The summed E-state index contributed by atoms with van der Waals surface area (Å²) in [5.41, 5.74) is 1.15. The normalized spacial score (nSPS) is 10.6. The highest BCUT2D eigenvalue weighted by Crippen LogP contribution is 2.31. The molecule has 0 fully saturated rings. The van der Waals surface area contributed by atoms with Gasteiger partial charge in [-0.25, -0.2) is 0 Å². The van der Waals surface area contributed by atoms with Crippen molar-refractivity contribution in [1.29, 1.82) is 5.26 Å². The molecule has 0 saturated heterocycles. The Balaban J connectivity index is 1.78. The lowest BCUT2D eigenvalue weighted by Crippen LogP contribution is -2.09. The zero-order valence-electron chi connectivity index (χ0n) is 13.8. The van der Waals surface area contributed by atoms with Crippen LogP contribution < -0.4 is 0 Å². The second-order valence-electron chi connectivity index (χ2n) is 5.79. The van der Waals surface area contributed by atoms with Crippen molar-refractivity contribution in [3.05, 3.63) is 88.3 Å². The van der Waals surface area contributed by atoms with Crippen molar-refractivity contribution in [2.24, 2.45) is 0 Å². The topological polar surface area (TPSA) is 102 Å². The smallest absolute Gasteiger partial charge is 0.298 e. The number of furan rings is 1. The van der Waals surface area contributed by atoms with E-state index in [1.54, 1.807) is 42.5 Å². The summed E-state index contributed by atoms with van der Waals surface area (Å²) < 4.78 is 6.95. The van der Waals surface area contributed by atoms with Crippen molar-refractivity contribution in [1.82, 2.24) is 4.57 Å². The molecule has 0 unspecified atom stereocenters. The molecule has 4 rings (SSSR count). The fourth-order valence-electron chi connectivity index (χ4n) is 2.99. The zero-order chi connectivity index (χ0) is 19.0. The molecule has 7 nitrogen and oxygen atoms in total. The second kappa shape index (κ2) is 6.28. The Kier molecular flexibility index (Phi) is 3.79. The monoisotopic (exact) mass is 357 g/mol. The van der Waals surface area contributed by atoms with E-state index in [2.05, 4.69) is 6.07 Å². The summed E-state index contributed by atoms with van der Waals surface area (Å²) in [6, 6.07) is 18.3. The van der Waals surface area contributed by atoms with E-state index in [1.807, 2.05) is 0 Å². The molecule has 27 heavy (non-hydrogen) atoms. The second-order valence-corrected chi connectivity index (χ2v) is 5.79. The van der Waals surface area contributed by atoms with Gasteiger partial charge in [0, 0.05) is 17.6 Å². The first-order chi connectivity index (χ1) is 13.1. The molecule has 0 radical (unpaired) electrons. The maximum atomic E-state index is 12.9. The van der Waals surface area contributed by atoms with E-state index in [1.165, 1.54) is 29.0 Å². The molecule has 0 atom stereocenters. The quantitative estimate of drug-likeness (QED) is 0.400. The lowest BCUT2D eigenvalue weighted by Gasteiger charge is -2.02. The Morgan fingerprint density at radius 1 is 1.07 bits per heavy atom. The van der Waals surface area contributed by atoms with Crippen LogP contribution in [0.15, 0.2) is 71.3 Å². The molecule has 0 aliphatic rings. The Labute approximate surface area is 152 Å². The van der Waals surface area contributed by atoms with Crippen LogP contribution in [0, 0.1) is 21.4 Å². The molecule has 0 aliphatic heterocycles. The highest BCUT2D eigenvalue weighted by Gasteiger charge is 2.21. The molecule has 0 aliphatic carbocycles. The summed E-state index contributed by atoms with van der Waals surface area (Å²) >= 11 is 0. The molecule has 0 amide bonds. The summed E-state index contributed by atoms with van der Waals surface area (Å²) in [4.78, 5) is 23.6. The number of para-hydroxylation sites is 2. The molecule has 130 valence electrons. The number of nitro groups is 1. The molecule has 0 bridgehead atoms. The highest BCUT2D eigenvalue weighted by molar-refractivity contribution is 6.02. The van der Waals surface area contributed by atoms with Crippen LogP contribution in [0.5, 0.6) is 0 Å². The van der Waals surface area contributed by atoms with Gasteiger partial charge < -0.3 is 4.42 Å². The largest absolute Gasteiger partial charge is 0.451 e. The van der Waals surface area contributed by atoms with Crippen molar-refractivity contribution in [2.75, 3.05) is 0 Å². The maximum absolute atomic E-state index is 12.9. The zero-order valence-corrected chi connectivity index (χ0v) is 13.8. The molecular weight excluding hydrogens is 346 g/mol. The molecule has 7 heteroatoms. The van der Waals surface area contributed by atoms with Gasteiger partial charge in [0.2, 0.25) is 0 Å². The van der Waals surface area contributed by atoms with E-state index in [0.29, 0.717) is 16.5 Å². The maximum Gasteiger partial charge on any atom is 0.298 e. The standard InChI is InChI=1S/C20H11N3O4/c21-11-13-12-22(16-7-3-1-5-14(13)16)20(24)19-10-9-18(27-19)15-6-2-4-8-17(15)23(25)26/h1-10,12H. The number of nitrogens with zero attached hydrogens (tertiary/aromatic N) is 3. The minimum Gasteiger partial charge on any atom is -0.451 e. The minimum atomic E-state index is -0.502. The van der Waals surface area contributed by atoms with Crippen LogP contribution in [0.25, 0.3) is 22.2 Å². The molecular formula is C20H11N3O4. The third kappa shape index (κ3) is 2.65. The Morgan fingerprint density at radius 2 is 1.81 bits per heavy atom. The van der Waals surface area contributed by atoms with Gasteiger partial charge >= 0.3 is 0 Å². The fraction of sp³-hybridized carbons (Fsp3) is 0. The Morgan fingerprint density at radius 3 is 2.59 bits per heavy atom. The lowest BCUT2D eigenvalue weighted by atomic mass is 10.1. The first-order valence-corrected chi connectivity index (χ1v) is 7.98. The van der Waals surface area contributed by atoms with E-state index in [9.17, 15) is 20.2 Å². The minimum absolute atomic E-state index is 0.0217. The molecule has 0 saturated carbocycles. The van der Waals surface area contributed by atoms with Gasteiger partial charge in [-0.05, 0) is 24.3 Å². The molecule has 0 spiro atoms. The van der Waals surface area contributed by atoms with Crippen LogP contribution >= 0.6 is 0 Å². The summed E-state index contributed by atoms with van der Waals surface area (Å²) in [5.74, 6) is -0.214. The Bertz CT molecular complexity index is 1240. The average molecular weight is 357 g/mol. The number of hydrogen-bond donors (Lipinski definition) is 0. The van der Waals surface area contributed by atoms with Crippen molar-refractivity contribution >= 4 is 22.5 Å². The number of fused-ring (bicyclic) bond motifs is 1. The van der Waals surface area contributed by atoms with Gasteiger partial charge in [-0.1, -0.05) is 30.3 Å². The molecule has 2 heterocycles. The van der Waals surface area contributed by atoms with E-state index >= 15 is 0 Å². The van der Waals surface area contributed by atoms with Crippen molar-refractivity contribution in [3.8, 4) is 17.4 Å². The number of hydrogen-bond acceptors (Lipinski definition) is 5. The first-order valence-electron chi connectivity index (χ1n) is 7.98. The van der Waals surface area contributed by atoms with Crippen LogP contribution in [-0.2, 0) is 0 Å². The van der Waals surface area contributed by atoms with Crippen LogP contribution in [-0.4, -0.2) is 15.4 Å². The van der Waals surface area contributed by atoms with Gasteiger partial charge in [-0.15, -0.1) is 0 Å². The van der Waals surface area contributed by atoms with E-state index in [-0.39, 0.29) is 22.8 Å². The number of aromatic nitrogens is 1. The van der Waals surface area contributed by atoms with Crippen LogP contribution in [0.3, 0.4) is 0 Å². The number of carbonyl (C=O) groups is 1. The van der Waals surface area contributed by atoms with Crippen LogP contribution in [0.2, 0.25) is 0 Å². The molecule has 4 aromatic rings. The fourth-order valence-corrected chi connectivity index (χ4v) is 2.99. The van der Waals surface area contributed by atoms with E-state index in [0.717, 1.165) is 0 Å². The van der Waals surface area contributed by atoms with Crippen LogP contribution in [0.1, 0.15) is 16.1 Å². The van der Waals surface area contributed by atoms with Gasteiger partial charge in [0.25, 0.3) is 11.6 Å². The first kappa shape index (κ1) is 16.3. The average Bonchev–Trinajstić information content (AvgIpc) is 3.32. The van der Waals surface area contributed by atoms with Gasteiger partial charge in [0.15, 0.2) is 5.76 Å². The predicted molar refractivity (Wildman–Crippen MR) is 97.2 cm³/mol. The van der Waals surface area contributed by atoms with Crippen molar-refractivity contribution in [3.63, 3.8) is 0 Å². The predicted octanol–water partition coefficient (Wildman–Crippen LogP) is 4.37. The number of benzene rings is 2. The van der Waals surface area contributed by atoms with E-state index < -0.39 is 10.8 Å². The highest BCUT2D eigenvalue weighted by atomic mass is 16.6. The number of nitriles is 1. The van der Waals surface area contributed by atoms with Crippen LogP contribution in [0.4, 0.5) is 5.69 Å². The lowest BCUT2D eigenvalue weighted by molar-refractivity contribution is -0.384. The third-order valence-corrected chi connectivity index (χ3v) is 4.23. The van der Waals surface area contributed by atoms with Gasteiger partial charge in [0.1, 0.15) is 11.8 Å². The van der Waals surface area contributed by atoms with Gasteiger partial charge in [0.05, 0.1) is 21.6 Å².